The molecule has 2 heterocycles. The number of carbonyl (C=O) groups is 1. The summed E-state index contributed by atoms with van der Waals surface area (Å²) in [4.78, 5) is 20.5. The van der Waals surface area contributed by atoms with Gasteiger partial charge in [0.2, 0.25) is 11.8 Å². The Bertz CT molecular complexity index is 846. The molecule has 1 N–H and O–H groups in total. The van der Waals surface area contributed by atoms with Crippen LogP contribution in [0.5, 0.6) is 0 Å². The van der Waals surface area contributed by atoms with Crippen molar-refractivity contribution in [1.82, 2.24) is 15.3 Å². The van der Waals surface area contributed by atoms with Crippen molar-refractivity contribution in [1.29, 1.82) is 0 Å². The Hall–Kier alpha value is -2.47. The lowest BCUT2D eigenvalue weighted by Gasteiger charge is -2.03. The van der Waals surface area contributed by atoms with E-state index in [0.717, 1.165) is 15.6 Å². The van der Waals surface area contributed by atoms with Gasteiger partial charge in [0.15, 0.2) is 0 Å². The number of oxazole rings is 1. The molecular formula is C18H16BrN3O2. The third-order valence-corrected chi connectivity index (χ3v) is 4.02. The first-order chi connectivity index (χ1) is 11.6. The van der Waals surface area contributed by atoms with Crippen LogP contribution >= 0.6 is 15.9 Å². The van der Waals surface area contributed by atoms with Crippen LogP contribution in [-0.2, 0) is 17.8 Å². The Morgan fingerprint density at radius 3 is 2.79 bits per heavy atom. The minimum atomic E-state index is -0.0935. The maximum Gasteiger partial charge on any atom is 0.226 e. The zero-order valence-corrected chi connectivity index (χ0v) is 14.7. The lowest BCUT2D eigenvalue weighted by molar-refractivity contribution is -0.120. The minimum Gasteiger partial charge on any atom is -0.441 e. The van der Waals surface area contributed by atoms with E-state index >= 15 is 0 Å². The summed E-state index contributed by atoms with van der Waals surface area (Å²) in [7, 11) is 0. The van der Waals surface area contributed by atoms with Gasteiger partial charge in [-0.25, -0.2) is 4.98 Å². The van der Waals surface area contributed by atoms with Gasteiger partial charge in [-0.15, -0.1) is 0 Å². The number of aromatic nitrogens is 2. The van der Waals surface area contributed by atoms with Crippen molar-refractivity contribution in [3.63, 3.8) is 0 Å². The molecule has 0 radical (unpaired) electrons. The molecule has 3 rings (SSSR count). The fourth-order valence-electron chi connectivity index (χ4n) is 2.25. The second kappa shape index (κ2) is 7.40. The number of aryl methyl sites for hydroxylation is 1. The molecule has 0 aliphatic heterocycles. The molecule has 0 saturated heterocycles. The first kappa shape index (κ1) is 16.4. The summed E-state index contributed by atoms with van der Waals surface area (Å²) in [5, 5.41) is 2.88. The van der Waals surface area contributed by atoms with Gasteiger partial charge in [0, 0.05) is 29.0 Å². The lowest BCUT2D eigenvalue weighted by atomic mass is 10.2. The molecule has 24 heavy (non-hydrogen) atoms. The average molecular weight is 386 g/mol. The quantitative estimate of drug-likeness (QED) is 0.727. The van der Waals surface area contributed by atoms with Gasteiger partial charge >= 0.3 is 0 Å². The maximum atomic E-state index is 12.1. The van der Waals surface area contributed by atoms with Gasteiger partial charge in [0.25, 0.3) is 0 Å². The highest BCUT2D eigenvalue weighted by Crippen LogP contribution is 2.24. The molecule has 6 heteroatoms. The molecule has 122 valence electrons. The zero-order valence-electron chi connectivity index (χ0n) is 13.1. The number of carbonyl (C=O) groups excluding carboxylic acids is 1. The molecule has 0 unspecified atom stereocenters. The van der Waals surface area contributed by atoms with Crippen LogP contribution in [0.25, 0.3) is 11.5 Å². The van der Waals surface area contributed by atoms with Crippen LogP contribution in [0.2, 0.25) is 0 Å². The molecule has 2 aromatic heterocycles. The van der Waals surface area contributed by atoms with E-state index < -0.39 is 0 Å². The van der Waals surface area contributed by atoms with Crippen molar-refractivity contribution in [3.8, 4) is 11.5 Å². The third-order valence-electron chi connectivity index (χ3n) is 3.53. The van der Waals surface area contributed by atoms with Crippen molar-refractivity contribution in [2.45, 2.75) is 19.9 Å². The van der Waals surface area contributed by atoms with Gasteiger partial charge < -0.3 is 9.73 Å². The monoisotopic (exact) mass is 385 g/mol. The molecule has 1 amide bonds. The van der Waals surface area contributed by atoms with Crippen LogP contribution < -0.4 is 5.32 Å². The zero-order chi connectivity index (χ0) is 16.9. The first-order valence-corrected chi connectivity index (χ1v) is 8.29. The number of rotatable bonds is 5. The SMILES string of the molecule is Cc1oc(-c2cccc(Br)c2)nc1CC(=O)NCc1ccncc1. The van der Waals surface area contributed by atoms with E-state index in [-0.39, 0.29) is 12.3 Å². The number of pyridine rings is 1. The molecule has 0 bridgehead atoms. The third kappa shape index (κ3) is 4.08. The van der Waals surface area contributed by atoms with Crippen molar-refractivity contribution in [2.75, 3.05) is 0 Å². The van der Waals surface area contributed by atoms with Gasteiger partial charge in [-0.3, -0.25) is 9.78 Å². The Morgan fingerprint density at radius 1 is 1.25 bits per heavy atom. The molecule has 0 saturated carbocycles. The van der Waals surface area contributed by atoms with E-state index in [2.05, 4.69) is 31.2 Å². The molecule has 0 fully saturated rings. The van der Waals surface area contributed by atoms with Gasteiger partial charge in [-0.1, -0.05) is 22.0 Å². The summed E-state index contributed by atoms with van der Waals surface area (Å²) in [6.45, 7) is 2.29. The van der Waals surface area contributed by atoms with E-state index in [4.69, 9.17) is 4.42 Å². The number of hydrogen-bond acceptors (Lipinski definition) is 4. The van der Waals surface area contributed by atoms with Crippen LogP contribution in [0.15, 0.2) is 57.7 Å². The second-order valence-electron chi connectivity index (χ2n) is 5.34. The highest BCUT2D eigenvalue weighted by Gasteiger charge is 2.14. The smallest absolute Gasteiger partial charge is 0.226 e. The molecule has 5 nitrogen and oxygen atoms in total. The standard InChI is InChI=1S/C18H16BrN3O2/c1-12-16(10-17(23)21-11-13-5-7-20-8-6-13)22-18(24-12)14-3-2-4-15(19)9-14/h2-9H,10-11H2,1H3,(H,21,23). The van der Waals surface area contributed by atoms with Crippen molar-refractivity contribution >= 4 is 21.8 Å². The van der Waals surface area contributed by atoms with Crippen molar-refractivity contribution in [2.24, 2.45) is 0 Å². The summed E-state index contributed by atoms with van der Waals surface area (Å²) in [6, 6.07) is 11.4. The lowest BCUT2D eigenvalue weighted by Crippen LogP contribution is -2.24. The van der Waals surface area contributed by atoms with Crippen molar-refractivity contribution in [3.05, 3.63) is 70.3 Å². The van der Waals surface area contributed by atoms with Gasteiger partial charge in [-0.05, 0) is 42.8 Å². The molecular weight excluding hydrogens is 370 g/mol. The Kier molecular flexibility index (Phi) is 5.05. The molecule has 3 aromatic rings. The molecule has 0 atom stereocenters. The van der Waals surface area contributed by atoms with Crippen molar-refractivity contribution < 1.29 is 9.21 Å². The molecule has 1 aromatic carbocycles. The van der Waals surface area contributed by atoms with Gasteiger partial charge in [0.05, 0.1) is 12.1 Å². The molecule has 0 spiro atoms. The molecule has 0 aliphatic carbocycles. The average Bonchev–Trinajstić information content (AvgIpc) is 2.95. The number of nitrogens with one attached hydrogen (secondary N) is 1. The number of benzene rings is 1. The summed E-state index contributed by atoms with van der Waals surface area (Å²) >= 11 is 3.43. The maximum absolute atomic E-state index is 12.1. The van der Waals surface area contributed by atoms with Crippen LogP contribution in [0, 0.1) is 6.92 Å². The number of hydrogen-bond donors (Lipinski definition) is 1. The van der Waals surface area contributed by atoms with Crippen LogP contribution in [0.1, 0.15) is 17.0 Å². The highest BCUT2D eigenvalue weighted by atomic mass is 79.9. The minimum absolute atomic E-state index is 0.0935. The summed E-state index contributed by atoms with van der Waals surface area (Å²) in [5.74, 6) is 1.08. The largest absolute Gasteiger partial charge is 0.441 e. The normalized spacial score (nSPS) is 10.6. The topological polar surface area (TPSA) is 68.0 Å². The van der Waals surface area contributed by atoms with Gasteiger partial charge in [-0.2, -0.15) is 0 Å². The Balaban J connectivity index is 1.66. The predicted molar refractivity (Wildman–Crippen MR) is 94.2 cm³/mol. The second-order valence-corrected chi connectivity index (χ2v) is 6.26. The van der Waals surface area contributed by atoms with E-state index in [0.29, 0.717) is 23.9 Å². The van der Waals surface area contributed by atoms with Gasteiger partial charge in [0.1, 0.15) is 5.76 Å². The van der Waals surface area contributed by atoms with E-state index in [1.165, 1.54) is 0 Å². The Morgan fingerprint density at radius 2 is 2.04 bits per heavy atom. The fourth-order valence-corrected chi connectivity index (χ4v) is 2.65. The summed E-state index contributed by atoms with van der Waals surface area (Å²) < 4.78 is 6.65. The highest BCUT2D eigenvalue weighted by molar-refractivity contribution is 9.10. The van der Waals surface area contributed by atoms with Crippen LogP contribution in [-0.4, -0.2) is 15.9 Å². The van der Waals surface area contributed by atoms with Crippen LogP contribution in [0.4, 0.5) is 0 Å². The predicted octanol–water partition coefficient (Wildman–Crippen LogP) is 3.67. The number of nitrogens with zero attached hydrogens (tertiary/aromatic N) is 2. The van der Waals surface area contributed by atoms with Crippen LogP contribution in [0.3, 0.4) is 0 Å². The molecule has 0 aliphatic rings. The number of halogens is 1. The van der Waals surface area contributed by atoms with E-state index in [1.807, 2.05) is 43.3 Å². The van der Waals surface area contributed by atoms with E-state index in [1.54, 1.807) is 12.4 Å². The summed E-state index contributed by atoms with van der Waals surface area (Å²) in [5.41, 5.74) is 2.53. The Labute approximate surface area is 148 Å². The number of amides is 1. The first-order valence-electron chi connectivity index (χ1n) is 7.49. The summed E-state index contributed by atoms with van der Waals surface area (Å²) in [6.07, 6.45) is 3.59. The fraction of sp³-hybridized carbons (Fsp3) is 0.167. The van der Waals surface area contributed by atoms with E-state index in [9.17, 15) is 4.79 Å².